The first-order valence-corrected chi connectivity index (χ1v) is 10.2. The highest BCUT2D eigenvalue weighted by atomic mass is 19.1. The first kappa shape index (κ1) is 24.0. The van der Waals surface area contributed by atoms with Gasteiger partial charge in [0.05, 0.1) is 13.1 Å². The quantitative estimate of drug-likeness (QED) is 0.448. The minimum Gasteiger partial charge on any atom is -0.486 e. The van der Waals surface area contributed by atoms with E-state index in [9.17, 15) is 9.18 Å². The molecule has 0 fully saturated rings. The highest BCUT2D eigenvalue weighted by molar-refractivity contribution is 5.79. The standard InChI is InChI=1S/C23H31FN4O3/c1-5-25-23(26-14-17(2)31-21-12-7-6-11-20(21)24)27-15-18-9-8-10-19(13-18)30-16-22(29)28(3)4/h6-13,17H,5,14-16H2,1-4H3,(H2,25,26,27). The van der Waals surface area contributed by atoms with E-state index in [0.29, 0.717) is 31.3 Å². The molecule has 0 aliphatic carbocycles. The number of likely N-dealkylation sites (N-methyl/N-ethyl adjacent to an activating group) is 1. The monoisotopic (exact) mass is 430 g/mol. The Hall–Kier alpha value is -3.29. The van der Waals surface area contributed by atoms with E-state index >= 15 is 0 Å². The maximum atomic E-state index is 13.7. The summed E-state index contributed by atoms with van der Waals surface area (Å²) in [6.07, 6.45) is -0.258. The average molecular weight is 431 g/mol. The van der Waals surface area contributed by atoms with E-state index in [1.54, 1.807) is 38.4 Å². The molecular formula is C23H31FN4O3. The van der Waals surface area contributed by atoms with Crippen molar-refractivity contribution in [3.63, 3.8) is 0 Å². The van der Waals surface area contributed by atoms with E-state index in [1.807, 2.05) is 32.0 Å². The molecule has 0 saturated carbocycles. The molecule has 0 saturated heterocycles. The summed E-state index contributed by atoms with van der Waals surface area (Å²) in [5.74, 6) is 0.981. The van der Waals surface area contributed by atoms with Crippen molar-refractivity contribution in [1.82, 2.24) is 15.5 Å². The van der Waals surface area contributed by atoms with Gasteiger partial charge in [0.1, 0.15) is 11.9 Å². The lowest BCUT2D eigenvalue weighted by Gasteiger charge is -2.18. The third kappa shape index (κ3) is 8.54. The summed E-state index contributed by atoms with van der Waals surface area (Å²) < 4.78 is 24.9. The van der Waals surface area contributed by atoms with Crippen LogP contribution in [0.5, 0.6) is 11.5 Å². The molecule has 1 atom stereocenters. The number of aliphatic imine (C=N–C) groups is 1. The molecule has 2 rings (SSSR count). The smallest absolute Gasteiger partial charge is 0.259 e. The van der Waals surface area contributed by atoms with Crippen molar-refractivity contribution < 1.29 is 18.7 Å². The van der Waals surface area contributed by atoms with Crippen molar-refractivity contribution in [3.05, 3.63) is 59.9 Å². The van der Waals surface area contributed by atoms with Gasteiger partial charge in [-0.2, -0.15) is 0 Å². The Morgan fingerprint density at radius 2 is 1.94 bits per heavy atom. The van der Waals surface area contributed by atoms with Crippen LogP contribution >= 0.6 is 0 Å². The van der Waals surface area contributed by atoms with E-state index in [2.05, 4.69) is 15.6 Å². The number of nitrogens with zero attached hydrogens (tertiary/aromatic N) is 2. The van der Waals surface area contributed by atoms with E-state index < -0.39 is 0 Å². The predicted molar refractivity (Wildman–Crippen MR) is 120 cm³/mol. The van der Waals surface area contributed by atoms with Crippen LogP contribution in [0.2, 0.25) is 0 Å². The Balaban J connectivity index is 1.91. The molecule has 8 heteroatoms. The van der Waals surface area contributed by atoms with Gasteiger partial charge in [-0.1, -0.05) is 24.3 Å². The molecule has 0 bridgehead atoms. The highest BCUT2D eigenvalue weighted by Gasteiger charge is 2.09. The maximum Gasteiger partial charge on any atom is 0.259 e. The van der Waals surface area contributed by atoms with Crippen LogP contribution in [0.15, 0.2) is 53.5 Å². The van der Waals surface area contributed by atoms with Gasteiger partial charge in [-0.3, -0.25) is 4.79 Å². The number of guanidine groups is 1. The third-order valence-electron chi connectivity index (χ3n) is 4.25. The van der Waals surface area contributed by atoms with E-state index in [0.717, 1.165) is 5.56 Å². The lowest BCUT2D eigenvalue weighted by molar-refractivity contribution is -0.130. The minimum atomic E-state index is -0.385. The lowest BCUT2D eigenvalue weighted by atomic mass is 10.2. The summed E-state index contributed by atoms with van der Waals surface area (Å²) in [5, 5.41) is 6.39. The third-order valence-corrected chi connectivity index (χ3v) is 4.25. The Morgan fingerprint density at radius 1 is 1.16 bits per heavy atom. The van der Waals surface area contributed by atoms with Gasteiger partial charge in [0.2, 0.25) is 0 Å². The Morgan fingerprint density at radius 3 is 2.65 bits per heavy atom. The van der Waals surface area contributed by atoms with Crippen molar-refractivity contribution in [2.75, 3.05) is 33.8 Å². The molecule has 1 amide bonds. The Kier molecular flexibility index (Phi) is 9.61. The van der Waals surface area contributed by atoms with Crippen LogP contribution in [0.3, 0.4) is 0 Å². The lowest BCUT2D eigenvalue weighted by Crippen LogP contribution is -2.41. The average Bonchev–Trinajstić information content (AvgIpc) is 2.75. The van der Waals surface area contributed by atoms with Gasteiger partial charge >= 0.3 is 0 Å². The molecule has 2 N–H and O–H groups in total. The molecule has 0 heterocycles. The molecule has 0 radical (unpaired) electrons. The number of hydrogen-bond acceptors (Lipinski definition) is 4. The topological polar surface area (TPSA) is 75.2 Å². The normalized spacial score (nSPS) is 12.1. The van der Waals surface area contributed by atoms with Crippen LogP contribution in [0.4, 0.5) is 4.39 Å². The number of halogens is 1. The summed E-state index contributed by atoms with van der Waals surface area (Å²) in [6, 6.07) is 13.8. The summed E-state index contributed by atoms with van der Waals surface area (Å²) in [7, 11) is 3.38. The van der Waals surface area contributed by atoms with Crippen molar-refractivity contribution in [2.45, 2.75) is 26.5 Å². The van der Waals surface area contributed by atoms with Gasteiger partial charge in [0.15, 0.2) is 24.1 Å². The molecule has 7 nitrogen and oxygen atoms in total. The number of hydrogen-bond donors (Lipinski definition) is 2. The number of para-hydroxylation sites is 1. The number of ether oxygens (including phenoxy) is 2. The van der Waals surface area contributed by atoms with Crippen LogP contribution in [0, 0.1) is 5.82 Å². The molecule has 1 unspecified atom stereocenters. The Bertz CT molecular complexity index is 873. The van der Waals surface area contributed by atoms with Gasteiger partial charge in [-0.25, -0.2) is 9.38 Å². The molecule has 2 aromatic carbocycles. The van der Waals surface area contributed by atoms with Gasteiger partial charge in [0.25, 0.3) is 5.91 Å². The molecule has 168 valence electrons. The van der Waals surface area contributed by atoms with Gasteiger partial charge < -0.3 is 25.0 Å². The first-order valence-electron chi connectivity index (χ1n) is 10.2. The fourth-order valence-electron chi connectivity index (χ4n) is 2.56. The number of amides is 1. The molecule has 0 aromatic heterocycles. The zero-order valence-corrected chi connectivity index (χ0v) is 18.5. The van der Waals surface area contributed by atoms with Crippen LogP contribution in [-0.2, 0) is 11.3 Å². The van der Waals surface area contributed by atoms with E-state index in [4.69, 9.17) is 9.47 Å². The molecule has 2 aromatic rings. The fourth-order valence-corrected chi connectivity index (χ4v) is 2.56. The molecule has 0 aliphatic rings. The summed E-state index contributed by atoms with van der Waals surface area (Å²) in [5.41, 5.74) is 0.947. The number of nitrogens with one attached hydrogen (secondary N) is 2. The summed E-state index contributed by atoms with van der Waals surface area (Å²) in [6.45, 7) is 5.41. The molecule has 0 aliphatic heterocycles. The largest absolute Gasteiger partial charge is 0.486 e. The minimum absolute atomic E-state index is 0.0101. The van der Waals surface area contributed by atoms with Crippen LogP contribution in [0.25, 0.3) is 0 Å². The molecule has 31 heavy (non-hydrogen) atoms. The molecular weight excluding hydrogens is 399 g/mol. The second-order valence-electron chi connectivity index (χ2n) is 7.16. The van der Waals surface area contributed by atoms with Crippen LogP contribution < -0.4 is 20.1 Å². The van der Waals surface area contributed by atoms with Crippen LogP contribution in [-0.4, -0.2) is 56.7 Å². The number of benzene rings is 2. The van der Waals surface area contributed by atoms with E-state index in [1.165, 1.54) is 11.0 Å². The van der Waals surface area contributed by atoms with Crippen molar-refractivity contribution >= 4 is 11.9 Å². The van der Waals surface area contributed by atoms with Crippen molar-refractivity contribution in [2.24, 2.45) is 4.99 Å². The molecule has 0 spiro atoms. The number of rotatable bonds is 10. The zero-order valence-electron chi connectivity index (χ0n) is 18.5. The van der Waals surface area contributed by atoms with Crippen LogP contribution in [0.1, 0.15) is 19.4 Å². The summed E-state index contributed by atoms with van der Waals surface area (Å²) >= 11 is 0. The Labute approximate surface area is 183 Å². The van der Waals surface area contributed by atoms with Crippen molar-refractivity contribution in [3.8, 4) is 11.5 Å². The zero-order chi connectivity index (χ0) is 22.6. The highest BCUT2D eigenvalue weighted by Crippen LogP contribution is 2.17. The summed E-state index contributed by atoms with van der Waals surface area (Å²) in [4.78, 5) is 17.7. The number of carbonyl (C=O) groups excluding carboxylic acids is 1. The predicted octanol–water partition coefficient (Wildman–Crippen LogP) is 2.82. The second kappa shape index (κ2) is 12.4. The maximum absolute atomic E-state index is 13.7. The second-order valence-corrected chi connectivity index (χ2v) is 7.16. The van der Waals surface area contributed by atoms with Crippen molar-refractivity contribution in [1.29, 1.82) is 0 Å². The van der Waals surface area contributed by atoms with Gasteiger partial charge in [-0.05, 0) is 43.7 Å². The number of carbonyl (C=O) groups is 1. The fraction of sp³-hybridized carbons (Fsp3) is 0.391. The SMILES string of the molecule is CCNC(=NCc1cccc(OCC(=O)N(C)C)c1)NCC(C)Oc1ccccc1F. The first-order chi connectivity index (χ1) is 14.9. The van der Waals surface area contributed by atoms with E-state index in [-0.39, 0.29) is 30.2 Å². The van der Waals surface area contributed by atoms with Gasteiger partial charge in [0, 0.05) is 20.6 Å². The van der Waals surface area contributed by atoms with Gasteiger partial charge in [-0.15, -0.1) is 0 Å².